The predicted octanol–water partition coefficient (Wildman–Crippen LogP) is 4.54. The molecule has 0 fully saturated rings. The molecule has 0 saturated heterocycles. The van der Waals surface area contributed by atoms with Crippen LogP contribution in [-0.2, 0) is 0 Å². The monoisotopic (exact) mass is 305 g/mol. The summed E-state index contributed by atoms with van der Waals surface area (Å²) >= 11 is 13.4. The van der Waals surface area contributed by atoms with Gasteiger partial charge < -0.3 is 0 Å². The highest BCUT2D eigenvalue weighted by molar-refractivity contribution is 7.22. The molecule has 0 spiro atoms. The van der Waals surface area contributed by atoms with Gasteiger partial charge in [-0.05, 0) is 35.2 Å². The van der Waals surface area contributed by atoms with Crippen LogP contribution in [0.25, 0.3) is 20.7 Å². The second kappa shape index (κ2) is 4.78. The molecule has 0 N–H and O–H groups in total. The van der Waals surface area contributed by atoms with Crippen LogP contribution < -0.4 is 0 Å². The maximum atomic E-state index is 8.90. The van der Waals surface area contributed by atoms with Crippen LogP contribution in [0.5, 0.6) is 0 Å². The van der Waals surface area contributed by atoms with Crippen LogP contribution in [0, 0.1) is 11.3 Å². The van der Waals surface area contributed by atoms with Crippen LogP contribution in [0.3, 0.4) is 0 Å². The predicted molar refractivity (Wildman–Crippen MR) is 77.6 cm³/mol. The molecule has 0 atom stereocenters. The van der Waals surface area contributed by atoms with Crippen LogP contribution in [0.15, 0.2) is 30.5 Å². The summed E-state index contributed by atoms with van der Waals surface area (Å²) < 4.78 is 1.01. The Labute approximate surface area is 123 Å². The third kappa shape index (κ3) is 2.28. The Morgan fingerprint density at radius 2 is 2.05 bits per heavy atom. The Morgan fingerprint density at radius 1 is 1.21 bits per heavy atom. The molecule has 0 aliphatic heterocycles. The molecule has 2 aromatic heterocycles. The molecule has 2 heterocycles. The molecule has 0 unspecified atom stereocenters. The van der Waals surface area contributed by atoms with Crippen molar-refractivity contribution in [1.82, 2.24) is 9.97 Å². The molecule has 3 nitrogen and oxygen atoms in total. The molecule has 19 heavy (non-hydrogen) atoms. The van der Waals surface area contributed by atoms with Crippen molar-refractivity contribution in [2.24, 2.45) is 0 Å². The topological polar surface area (TPSA) is 49.6 Å². The van der Waals surface area contributed by atoms with E-state index in [0.29, 0.717) is 16.3 Å². The minimum atomic E-state index is 0.162. The first kappa shape index (κ1) is 12.4. The summed E-state index contributed by atoms with van der Waals surface area (Å²) in [4.78, 5) is 8.88. The van der Waals surface area contributed by atoms with E-state index in [-0.39, 0.29) is 5.28 Å². The first-order valence-corrected chi connectivity index (χ1v) is 6.87. The van der Waals surface area contributed by atoms with Gasteiger partial charge in [-0.3, -0.25) is 0 Å². The summed E-state index contributed by atoms with van der Waals surface area (Å²) in [6.45, 7) is 0. The second-order valence-electron chi connectivity index (χ2n) is 3.81. The lowest BCUT2D eigenvalue weighted by molar-refractivity contribution is 1.18. The van der Waals surface area contributed by atoms with Gasteiger partial charge in [-0.1, -0.05) is 17.7 Å². The number of thiophene rings is 1. The lowest BCUT2D eigenvalue weighted by Crippen LogP contribution is -1.86. The smallest absolute Gasteiger partial charge is 0.223 e. The standard InChI is InChI=1S/C13H5Cl2N3S/c14-9-6-17-13(15)18-12(9)11-4-8-2-1-7(5-16)3-10(8)19-11/h1-4,6H. The maximum absolute atomic E-state index is 8.90. The third-order valence-corrected chi connectivity index (χ3v) is 4.16. The molecule has 3 rings (SSSR count). The number of aromatic nitrogens is 2. The zero-order chi connectivity index (χ0) is 13.4. The second-order valence-corrected chi connectivity index (χ2v) is 5.64. The fourth-order valence-electron chi connectivity index (χ4n) is 1.74. The molecule has 1 aromatic carbocycles. The molecule has 92 valence electrons. The van der Waals surface area contributed by atoms with Gasteiger partial charge in [-0.2, -0.15) is 5.26 Å². The van der Waals surface area contributed by atoms with Crippen molar-refractivity contribution >= 4 is 44.6 Å². The van der Waals surface area contributed by atoms with E-state index in [2.05, 4.69) is 16.0 Å². The lowest BCUT2D eigenvalue weighted by Gasteiger charge is -1.99. The average Bonchev–Trinajstić information content (AvgIpc) is 2.83. The zero-order valence-electron chi connectivity index (χ0n) is 9.39. The van der Waals surface area contributed by atoms with Crippen molar-refractivity contribution in [2.45, 2.75) is 0 Å². The highest BCUT2D eigenvalue weighted by Gasteiger charge is 2.11. The minimum absolute atomic E-state index is 0.162. The van der Waals surface area contributed by atoms with Gasteiger partial charge in [0.1, 0.15) is 5.69 Å². The number of rotatable bonds is 1. The van der Waals surface area contributed by atoms with Crippen molar-refractivity contribution in [1.29, 1.82) is 5.26 Å². The van der Waals surface area contributed by atoms with Gasteiger partial charge in [0.2, 0.25) is 5.28 Å². The normalized spacial score (nSPS) is 10.6. The Bertz CT molecular complexity index is 820. The van der Waals surface area contributed by atoms with Crippen LogP contribution in [0.2, 0.25) is 10.3 Å². The molecule has 3 aromatic rings. The van der Waals surface area contributed by atoms with Gasteiger partial charge in [0.05, 0.1) is 27.7 Å². The molecule has 0 radical (unpaired) electrons. The number of fused-ring (bicyclic) bond motifs is 1. The molecular weight excluding hydrogens is 301 g/mol. The molecule has 0 aliphatic rings. The fraction of sp³-hybridized carbons (Fsp3) is 0. The van der Waals surface area contributed by atoms with Crippen molar-refractivity contribution in [3.05, 3.63) is 46.3 Å². The zero-order valence-corrected chi connectivity index (χ0v) is 11.7. The van der Waals surface area contributed by atoms with E-state index in [1.807, 2.05) is 18.2 Å². The summed E-state index contributed by atoms with van der Waals surface area (Å²) in [6.07, 6.45) is 1.48. The van der Waals surface area contributed by atoms with E-state index >= 15 is 0 Å². The molecule has 6 heteroatoms. The lowest BCUT2D eigenvalue weighted by atomic mass is 10.2. The van der Waals surface area contributed by atoms with Crippen LogP contribution in [-0.4, -0.2) is 9.97 Å². The SMILES string of the molecule is N#Cc1ccc2cc(-c3nc(Cl)ncc3Cl)sc2c1. The van der Waals surface area contributed by atoms with E-state index in [9.17, 15) is 0 Å². The number of hydrogen-bond acceptors (Lipinski definition) is 4. The van der Waals surface area contributed by atoms with Crippen molar-refractivity contribution in [3.8, 4) is 16.6 Å². The number of hydrogen-bond donors (Lipinski definition) is 0. The first-order chi connectivity index (χ1) is 9.17. The summed E-state index contributed by atoms with van der Waals surface area (Å²) in [6, 6.07) is 9.64. The van der Waals surface area contributed by atoms with E-state index < -0.39 is 0 Å². The van der Waals surface area contributed by atoms with Crippen molar-refractivity contribution in [2.75, 3.05) is 0 Å². The average molecular weight is 306 g/mol. The Hall–Kier alpha value is -1.67. The third-order valence-electron chi connectivity index (χ3n) is 2.60. The van der Waals surface area contributed by atoms with E-state index in [1.165, 1.54) is 17.5 Å². The number of nitrogens with zero attached hydrogens (tertiary/aromatic N) is 3. The summed E-state index contributed by atoms with van der Waals surface area (Å²) in [5.41, 5.74) is 1.24. The Kier molecular flexibility index (Phi) is 3.11. The fourth-order valence-corrected chi connectivity index (χ4v) is 3.22. The number of benzene rings is 1. The summed E-state index contributed by atoms with van der Waals surface area (Å²) in [5, 5.41) is 10.6. The molecule has 0 bridgehead atoms. The quantitative estimate of drug-likeness (QED) is 0.620. The highest BCUT2D eigenvalue weighted by Crippen LogP contribution is 2.36. The van der Waals surface area contributed by atoms with Gasteiger partial charge in [-0.15, -0.1) is 11.3 Å². The number of nitriles is 1. The largest absolute Gasteiger partial charge is 0.225 e. The molecular formula is C13H5Cl2N3S. The van der Waals surface area contributed by atoms with E-state index in [4.69, 9.17) is 28.5 Å². The van der Waals surface area contributed by atoms with Gasteiger partial charge in [0.25, 0.3) is 0 Å². The maximum Gasteiger partial charge on any atom is 0.223 e. The molecule has 0 saturated carbocycles. The minimum Gasteiger partial charge on any atom is -0.225 e. The van der Waals surface area contributed by atoms with Crippen LogP contribution in [0.1, 0.15) is 5.56 Å². The van der Waals surface area contributed by atoms with Gasteiger partial charge in [-0.25, -0.2) is 9.97 Å². The molecule has 0 amide bonds. The Morgan fingerprint density at radius 3 is 2.84 bits per heavy atom. The van der Waals surface area contributed by atoms with Crippen molar-refractivity contribution in [3.63, 3.8) is 0 Å². The number of halogens is 2. The van der Waals surface area contributed by atoms with Gasteiger partial charge in [0, 0.05) is 4.70 Å². The first-order valence-electron chi connectivity index (χ1n) is 5.29. The van der Waals surface area contributed by atoms with Gasteiger partial charge >= 0.3 is 0 Å². The van der Waals surface area contributed by atoms with E-state index in [1.54, 1.807) is 6.07 Å². The molecule has 0 aliphatic carbocycles. The van der Waals surface area contributed by atoms with Crippen LogP contribution in [0.4, 0.5) is 0 Å². The summed E-state index contributed by atoms with van der Waals surface area (Å²) in [7, 11) is 0. The van der Waals surface area contributed by atoms with E-state index in [0.717, 1.165) is 15.0 Å². The van der Waals surface area contributed by atoms with Crippen LogP contribution >= 0.6 is 34.5 Å². The van der Waals surface area contributed by atoms with Gasteiger partial charge in [0.15, 0.2) is 0 Å². The summed E-state index contributed by atoms with van der Waals surface area (Å²) in [5.74, 6) is 0. The highest BCUT2D eigenvalue weighted by atomic mass is 35.5. The van der Waals surface area contributed by atoms with Crippen molar-refractivity contribution < 1.29 is 0 Å². The Balaban J connectivity index is 2.21.